The van der Waals surface area contributed by atoms with Gasteiger partial charge in [-0.3, -0.25) is 47.9 Å². The van der Waals surface area contributed by atoms with Crippen LogP contribution in [0.25, 0.3) is 0 Å². The van der Waals surface area contributed by atoms with E-state index in [2.05, 4.69) is 79.6 Å². The molecule has 0 radical (unpaired) electrons. The number of carbonyl (C=O) groups excluding carboxylic acids is 12. The zero-order chi connectivity index (χ0) is 82.9. The van der Waals surface area contributed by atoms with Crippen molar-refractivity contribution in [3.63, 3.8) is 0 Å². The molecule has 0 bridgehead atoms. The van der Waals surface area contributed by atoms with Gasteiger partial charge in [-0.25, -0.2) is 15.0 Å². The number of anilines is 7. The zero-order valence-electron chi connectivity index (χ0n) is 61.6. The predicted molar refractivity (Wildman–Crippen MR) is 378 cm³/mol. The Morgan fingerprint density at radius 1 is 0.420 bits per heavy atom. The highest BCUT2D eigenvalue weighted by atomic mass is 19.4. The maximum atomic E-state index is 13.6. The maximum absolute atomic E-state index is 13.6. The van der Waals surface area contributed by atoms with Crippen molar-refractivity contribution in [2.24, 2.45) is 56.4 Å². The third-order valence-corrected chi connectivity index (χ3v) is 15.5. The van der Waals surface area contributed by atoms with Crippen LogP contribution >= 0.6 is 0 Å². The van der Waals surface area contributed by atoms with Gasteiger partial charge in [0.25, 0.3) is 53.2 Å². The number of carboxylic acids is 2. The Labute approximate surface area is 631 Å². The molecule has 8 aromatic rings. The molecule has 0 aliphatic heterocycles. The SMILES string of the molecule is Cn1cc(NC(=O)c2cc(NC(=O)c3cc(NC(=O)c4cc(NC(=O)[C@H]([NH3+])CCNC(=O)c5cc(NC(=O)c6nc(NC(=O)c7nc(NC(=O)c8nccn8C)cn7C)cn6C)cn5C)cn4C)cn3C)cn2C)cc1C(=O)NCCC(=O)NCCCOCCOCCOCCC[NH3+].O=C([O-])C(F)(F)F.O=C([O-])C(F)(F)F. The number of ether oxygens (including phenoxy) is 3. The summed E-state index contributed by atoms with van der Waals surface area (Å²) in [6, 6.07) is 6.55. The summed E-state index contributed by atoms with van der Waals surface area (Å²) in [5.74, 6) is -10.9. The first-order valence-electron chi connectivity index (χ1n) is 33.5. The number of quaternary nitrogens is 2. The topological polar surface area (TPSA) is 532 Å². The van der Waals surface area contributed by atoms with Gasteiger partial charge in [0.05, 0.1) is 68.0 Å². The molecule has 16 N–H and O–H groups in total. The minimum absolute atomic E-state index is 0.0434. The van der Waals surface area contributed by atoms with Gasteiger partial charge in [0.2, 0.25) is 17.6 Å². The predicted octanol–water partition coefficient (Wildman–Crippen LogP) is -1.63. The molecule has 0 fully saturated rings. The molecule has 0 saturated heterocycles. The number of halogens is 6. The van der Waals surface area contributed by atoms with Crippen LogP contribution in [0.4, 0.5) is 66.4 Å². The van der Waals surface area contributed by atoms with Gasteiger partial charge < -0.3 is 135 Å². The Kier molecular flexibility index (Phi) is 31.8. The lowest BCUT2D eigenvalue weighted by Gasteiger charge is -2.10. The van der Waals surface area contributed by atoms with E-state index in [1.54, 1.807) is 91.9 Å². The minimum atomic E-state index is -5.19. The summed E-state index contributed by atoms with van der Waals surface area (Å²) in [6.07, 6.45) is 5.05. The largest absolute Gasteiger partial charge is 0.542 e. The molecule has 606 valence electrons. The monoisotopic (exact) mass is 1580 g/mol. The van der Waals surface area contributed by atoms with Crippen molar-refractivity contribution >= 4 is 111 Å². The molecule has 10 amide bonds. The molecule has 0 aliphatic carbocycles. The Morgan fingerprint density at radius 3 is 1.13 bits per heavy atom. The van der Waals surface area contributed by atoms with Crippen LogP contribution in [0.5, 0.6) is 0 Å². The first-order valence-corrected chi connectivity index (χ1v) is 33.5. The molecular formula is C66H83F6N23O17. The molecule has 8 rings (SSSR count). The van der Waals surface area contributed by atoms with Crippen molar-refractivity contribution in [2.75, 3.05) is 103 Å². The smallest absolute Gasteiger partial charge is 0.430 e. The summed E-state index contributed by atoms with van der Waals surface area (Å²) in [5.41, 5.74) is 10.2. The van der Waals surface area contributed by atoms with E-state index in [1.807, 2.05) is 0 Å². The quantitative estimate of drug-likeness (QED) is 0.0157. The van der Waals surface area contributed by atoms with Gasteiger partial charge >= 0.3 is 12.4 Å². The van der Waals surface area contributed by atoms with Crippen molar-refractivity contribution in [2.45, 2.75) is 44.1 Å². The van der Waals surface area contributed by atoms with Crippen molar-refractivity contribution in [3.8, 4) is 0 Å². The Morgan fingerprint density at radius 2 is 0.759 bits per heavy atom. The normalized spacial score (nSPS) is 11.4. The number of amides is 10. The Hall–Kier alpha value is -12.9. The molecule has 40 nitrogen and oxygen atoms in total. The first kappa shape index (κ1) is 88.0. The maximum Gasteiger partial charge on any atom is 0.430 e. The number of aliphatic carboxylic acids is 2. The van der Waals surface area contributed by atoms with E-state index in [-0.39, 0.29) is 101 Å². The summed E-state index contributed by atoms with van der Waals surface area (Å²) in [7, 11) is 12.9. The van der Waals surface area contributed by atoms with Gasteiger partial charge in [0.1, 0.15) is 40.4 Å². The number of imidazole rings is 3. The van der Waals surface area contributed by atoms with Gasteiger partial charge in [0.15, 0.2) is 23.5 Å². The summed E-state index contributed by atoms with van der Waals surface area (Å²) in [6.45, 7) is 4.44. The van der Waals surface area contributed by atoms with E-state index >= 15 is 0 Å². The highest BCUT2D eigenvalue weighted by Gasteiger charge is 2.31. The zero-order valence-corrected chi connectivity index (χ0v) is 61.6. The van der Waals surface area contributed by atoms with Crippen LogP contribution in [-0.4, -0.2) is 207 Å². The summed E-state index contributed by atoms with van der Waals surface area (Å²) >= 11 is 0. The van der Waals surface area contributed by atoms with E-state index in [0.29, 0.717) is 69.7 Å². The summed E-state index contributed by atoms with van der Waals surface area (Å²) in [4.78, 5) is 162. The number of aryl methyl sites for hydroxylation is 8. The molecule has 0 aromatic carbocycles. The molecule has 0 unspecified atom stereocenters. The van der Waals surface area contributed by atoms with Gasteiger partial charge in [0, 0.05) is 158 Å². The van der Waals surface area contributed by atoms with Gasteiger partial charge in [-0.1, -0.05) is 0 Å². The number of hydrogen-bond donors (Lipinski definition) is 12. The van der Waals surface area contributed by atoms with Crippen molar-refractivity contribution < 1.29 is 120 Å². The van der Waals surface area contributed by atoms with Crippen LogP contribution in [0.2, 0.25) is 0 Å². The van der Waals surface area contributed by atoms with E-state index in [0.717, 1.165) is 13.0 Å². The van der Waals surface area contributed by atoms with Crippen LogP contribution in [-0.2, 0) is 89.8 Å². The first-order chi connectivity index (χ1) is 52.7. The number of nitrogens with one attached hydrogen (secondary N) is 10. The van der Waals surface area contributed by atoms with E-state index in [4.69, 9.17) is 34.0 Å². The third kappa shape index (κ3) is 26.4. The van der Waals surface area contributed by atoms with Crippen molar-refractivity contribution in [1.29, 1.82) is 0 Å². The number of rotatable bonds is 35. The van der Waals surface area contributed by atoms with Crippen molar-refractivity contribution in [1.82, 2.24) is 67.4 Å². The molecule has 46 heteroatoms. The number of hydrogen-bond acceptors (Lipinski definition) is 20. The third-order valence-electron chi connectivity index (χ3n) is 15.5. The molecule has 0 saturated carbocycles. The number of carbonyl (C=O) groups is 12. The van der Waals surface area contributed by atoms with E-state index < -0.39 is 83.5 Å². The van der Waals surface area contributed by atoms with Gasteiger partial charge in [-0.2, -0.15) is 26.3 Å². The summed E-state index contributed by atoms with van der Waals surface area (Å²) in [5, 5.41) is 44.9. The summed E-state index contributed by atoms with van der Waals surface area (Å²) < 4.78 is 91.4. The second-order valence-corrected chi connectivity index (χ2v) is 24.4. The fourth-order valence-corrected chi connectivity index (χ4v) is 9.91. The molecule has 0 aliphatic rings. The Balaban J connectivity index is 0.00000127. The molecule has 1 atom stereocenters. The van der Waals surface area contributed by atoms with Crippen LogP contribution in [0, 0.1) is 0 Å². The molecule has 8 aromatic heterocycles. The van der Waals surface area contributed by atoms with Crippen LogP contribution in [0.1, 0.15) is 110 Å². The fourth-order valence-electron chi connectivity index (χ4n) is 9.91. The lowest BCUT2D eigenvalue weighted by molar-refractivity contribution is -0.403. The van der Waals surface area contributed by atoms with Crippen LogP contribution < -0.4 is 74.8 Å². The van der Waals surface area contributed by atoms with Gasteiger partial charge in [-0.05, 0) is 36.8 Å². The highest BCUT2D eigenvalue weighted by Crippen LogP contribution is 2.23. The van der Waals surface area contributed by atoms with Crippen molar-refractivity contribution in [3.05, 3.63) is 132 Å². The van der Waals surface area contributed by atoms with Gasteiger partial charge in [-0.15, -0.1) is 0 Å². The average molecular weight is 1580 g/mol. The number of nitrogens with zero attached hydrogens (tertiary/aromatic N) is 11. The lowest BCUT2D eigenvalue weighted by Crippen LogP contribution is -2.67. The van der Waals surface area contributed by atoms with Crippen LogP contribution in [0.15, 0.2) is 86.1 Å². The van der Waals surface area contributed by atoms with E-state index in [9.17, 15) is 74.3 Å². The molecule has 8 heterocycles. The number of alkyl halides is 6. The highest BCUT2D eigenvalue weighted by molar-refractivity contribution is 6.10. The number of aromatic nitrogens is 11. The fraction of sp³-hybridized carbons (Fsp3) is 0.379. The lowest BCUT2D eigenvalue weighted by atomic mass is 10.2. The van der Waals surface area contributed by atoms with Crippen LogP contribution in [0.3, 0.4) is 0 Å². The molecular weight excluding hydrogens is 1500 g/mol. The van der Waals surface area contributed by atoms with E-state index in [1.165, 1.54) is 87.1 Å². The average Bonchev–Trinajstić information content (AvgIpc) is 1.68. The number of carboxylic acid groups (broad SMARTS) is 2. The standard InChI is InChI=1S/C62H81N23O13.2C2HF3O2/c1-78-18-17-66-51(78)60(93)76-48-35-85(8)53(75-48)62(95)77-49-36-84(7)52(74-49)61(94)73-41-26-44(80(3)34-41)55(88)67-15-11-42(64)54(87)69-37-27-45(81(4)30-37)57(90)71-39-29-47(83(6)32-39)59(92)72-40-28-46(82(5)33-40)58(91)70-38-25-43(79(2)31-38)56(89)68-16-12-50(86)65-14-10-20-97-22-24-98-23-21-96-19-9-13-63;2*3-2(4,5)1(6)7/h17-18,25-36,42H,9-16,19-24,63-64H2,1-8H3,(H,65,86)(H,67,88)(H,68,89)(H,69,87)(H,70,91)(H,71,90)(H,72,92)(H,73,94)(H,76,93)(H,77,95);2*(H,6,7)/t42-;;/m1../s1. The molecule has 112 heavy (non-hydrogen) atoms. The minimum Gasteiger partial charge on any atom is -0.542 e. The second kappa shape index (κ2) is 40.5. The molecule has 0 spiro atoms. The Bertz CT molecular complexity index is 4660. The second-order valence-electron chi connectivity index (χ2n) is 24.4.